The number of allylic oxidation sites excluding steroid dienone is 2. The minimum Gasteiger partial charge on any atom is -0.0991 e. The van der Waals surface area contributed by atoms with Crippen LogP contribution < -0.4 is 0 Å². The second kappa shape index (κ2) is 11.3. The second-order valence-electron chi connectivity index (χ2n) is 5.70. The summed E-state index contributed by atoms with van der Waals surface area (Å²) in [5, 5.41) is 0. The van der Waals surface area contributed by atoms with Gasteiger partial charge in [0.2, 0.25) is 0 Å². The van der Waals surface area contributed by atoms with Gasteiger partial charge in [-0.1, -0.05) is 119 Å². The smallest absolute Gasteiger partial charge is 0.0132 e. The van der Waals surface area contributed by atoms with Crippen LogP contribution in [0.15, 0.2) is 92.6 Å². The minimum atomic E-state index is 0.250. The lowest BCUT2D eigenvalue weighted by Crippen LogP contribution is -2.10. The largest absolute Gasteiger partial charge is 0.0991 e. The van der Waals surface area contributed by atoms with E-state index in [9.17, 15) is 0 Å². The summed E-state index contributed by atoms with van der Waals surface area (Å²) in [4.78, 5) is 0. The van der Waals surface area contributed by atoms with Crippen molar-refractivity contribution in [2.75, 3.05) is 0 Å². The molecule has 0 aliphatic rings. The average molecular weight is 292 g/mol. The van der Waals surface area contributed by atoms with E-state index in [1.807, 2.05) is 42.5 Å². The van der Waals surface area contributed by atoms with Gasteiger partial charge in [0.1, 0.15) is 0 Å². The molecule has 0 heteroatoms. The van der Waals surface area contributed by atoms with Gasteiger partial charge in [-0.05, 0) is 16.5 Å². The molecule has 0 aliphatic heterocycles. The second-order valence-corrected chi connectivity index (χ2v) is 5.70. The molecule has 0 bridgehead atoms. The third-order valence-electron chi connectivity index (χ3n) is 2.85. The number of hydrogen-bond donors (Lipinski definition) is 0. The molecule has 0 aromatic heterocycles. The fraction of sp³-hybridized carbons (Fsp3) is 0.182. The Morgan fingerprint density at radius 3 is 1.27 bits per heavy atom. The maximum atomic E-state index is 3.72. The van der Waals surface area contributed by atoms with Crippen LogP contribution in [-0.2, 0) is 5.41 Å². The van der Waals surface area contributed by atoms with Gasteiger partial charge in [-0.25, -0.2) is 0 Å². The summed E-state index contributed by atoms with van der Waals surface area (Å²) in [6.07, 6.45) is 5.15. The summed E-state index contributed by atoms with van der Waals surface area (Å²) in [7, 11) is 0. The summed E-state index contributed by atoms with van der Waals surface area (Å²) in [6, 6.07) is 20.5. The van der Waals surface area contributed by atoms with E-state index in [-0.39, 0.29) is 5.41 Å². The molecule has 116 valence electrons. The monoisotopic (exact) mass is 292 g/mol. The number of hydrogen-bond acceptors (Lipinski definition) is 0. The summed E-state index contributed by atoms with van der Waals surface area (Å²) < 4.78 is 0. The lowest BCUT2D eigenvalue weighted by Gasteiger charge is -2.18. The lowest BCUT2D eigenvalue weighted by molar-refractivity contribution is 0.590. The fourth-order valence-corrected chi connectivity index (χ4v) is 1.50. The normalized spacial score (nSPS) is 9.23. The van der Waals surface area contributed by atoms with Crippen LogP contribution in [0.25, 0.3) is 6.08 Å². The molecule has 0 fully saturated rings. The van der Waals surface area contributed by atoms with E-state index in [1.54, 1.807) is 12.2 Å². The van der Waals surface area contributed by atoms with Gasteiger partial charge in [0.05, 0.1) is 0 Å². The van der Waals surface area contributed by atoms with Crippen molar-refractivity contribution in [1.82, 2.24) is 0 Å². The molecule has 0 nitrogen and oxygen atoms in total. The summed E-state index contributed by atoms with van der Waals surface area (Å²) in [6.45, 7) is 17.1. The van der Waals surface area contributed by atoms with Gasteiger partial charge < -0.3 is 0 Å². The molecular weight excluding hydrogens is 264 g/mol. The van der Waals surface area contributed by atoms with Crippen molar-refractivity contribution in [3.63, 3.8) is 0 Å². The van der Waals surface area contributed by atoms with E-state index >= 15 is 0 Å². The maximum absolute atomic E-state index is 3.72. The van der Waals surface area contributed by atoms with Crippen molar-refractivity contribution in [2.24, 2.45) is 0 Å². The molecule has 0 heterocycles. The van der Waals surface area contributed by atoms with Crippen molar-refractivity contribution in [3.8, 4) is 0 Å². The quantitative estimate of drug-likeness (QED) is 0.542. The molecule has 0 radical (unpaired) electrons. The zero-order valence-electron chi connectivity index (χ0n) is 14.1. The molecule has 0 saturated heterocycles. The molecule has 0 unspecified atom stereocenters. The van der Waals surface area contributed by atoms with Gasteiger partial charge in [-0.2, -0.15) is 0 Å². The van der Waals surface area contributed by atoms with Crippen molar-refractivity contribution < 1.29 is 0 Å². The first-order valence-electron chi connectivity index (χ1n) is 7.42. The standard InChI is InChI=1S/C12H16.C6H6.C4H6/c1-5-10-6-8-11(9-7-10)12(2,3)4;1-2-4-6-5-3-1;1-3-4-2/h5-9H,1H2,2-4H3;1-6H;3-4H,1-2H2. The van der Waals surface area contributed by atoms with E-state index in [0.717, 1.165) is 0 Å². The minimum absolute atomic E-state index is 0.250. The predicted molar refractivity (Wildman–Crippen MR) is 102 cm³/mol. The van der Waals surface area contributed by atoms with Crippen molar-refractivity contribution in [3.05, 3.63) is 104 Å². The first-order chi connectivity index (χ1) is 10.5. The zero-order valence-corrected chi connectivity index (χ0v) is 14.1. The van der Waals surface area contributed by atoms with Gasteiger partial charge in [0.25, 0.3) is 0 Å². The van der Waals surface area contributed by atoms with Crippen LogP contribution in [0.4, 0.5) is 0 Å². The van der Waals surface area contributed by atoms with Gasteiger partial charge >= 0.3 is 0 Å². The van der Waals surface area contributed by atoms with Crippen molar-refractivity contribution in [2.45, 2.75) is 26.2 Å². The molecule has 0 spiro atoms. The predicted octanol–water partition coefficient (Wildman–Crippen LogP) is 6.67. The van der Waals surface area contributed by atoms with Gasteiger partial charge in [0.15, 0.2) is 0 Å². The summed E-state index contributed by atoms with van der Waals surface area (Å²) in [5.41, 5.74) is 2.80. The molecule has 0 N–H and O–H groups in total. The van der Waals surface area contributed by atoms with E-state index in [0.29, 0.717) is 0 Å². The molecule has 0 aliphatic carbocycles. The molecular formula is C22H28. The van der Waals surface area contributed by atoms with Gasteiger partial charge in [-0.3, -0.25) is 0 Å². The molecule has 2 aromatic carbocycles. The third kappa shape index (κ3) is 9.55. The highest BCUT2D eigenvalue weighted by Crippen LogP contribution is 2.22. The van der Waals surface area contributed by atoms with E-state index in [1.165, 1.54) is 11.1 Å². The van der Waals surface area contributed by atoms with Crippen LogP contribution in [0.2, 0.25) is 0 Å². The molecule has 0 saturated carbocycles. The molecule has 2 rings (SSSR count). The molecule has 2 aromatic rings. The Morgan fingerprint density at radius 2 is 1.05 bits per heavy atom. The summed E-state index contributed by atoms with van der Waals surface area (Å²) >= 11 is 0. The van der Waals surface area contributed by atoms with Gasteiger partial charge in [0, 0.05) is 0 Å². The highest BCUT2D eigenvalue weighted by Gasteiger charge is 2.12. The zero-order chi connectivity index (χ0) is 16.8. The Labute approximate surface area is 136 Å². The summed E-state index contributed by atoms with van der Waals surface area (Å²) in [5.74, 6) is 0. The van der Waals surface area contributed by atoms with Crippen LogP contribution in [-0.4, -0.2) is 0 Å². The first kappa shape index (κ1) is 19.7. The van der Waals surface area contributed by atoms with E-state index in [2.05, 4.69) is 64.8 Å². The van der Waals surface area contributed by atoms with Crippen LogP contribution in [0.1, 0.15) is 31.9 Å². The Hall–Kier alpha value is -2.34. The van der Waals surface area contributed by atoms with Crippen LogP contribution >= 0.6 is 0 Å². The Bertz CT molecular complexity index is 492. The first-order valence-corrected chi connectivity index (χ1v) is 7.42. The van der Waals surface area contributed by atoms with E-state index < -0.39 is 0 Å². The fourth-order valence-electron chi connectivity index (χ4n) is 1.50. The Morgan fingerprint density at radius 1 is 0.682 bits per heavy atom. The molecule has 0 amide bonds. The third-order valence-corrected chi connectivity index (χ3v) is 2.85. The van der Waals surface area contributed by atoms with Gasteiger partial charge in [-0.15, -0.1) is 0 Å². The lowest BCUT2D eigenvalue weighted by atomic mass is 9.87. The van der Waals surface area contributed by atoms with E-state index in [4.69, 9.17) is 0 Å². The van der Waals surface area contributed by atoms with Crippen LogP contribution in [0.5, 0.6) is 0 Å². The number of rotatable bonds is 2. The number of benzene rings is 2. The maximum Gasteiger partial charge on any atom is -0.0132 e. The van der Waals surface area contributed by atoms with Crippen molar-refractivity contribution in [1.29, 1.82) is 0 Å². The molecule has 22 heavy (non-hydrogen) atoms. The molecule has 0 atom stereocenters. The Kier molecular flexibility index (Phi) is 10.1. The highest BCUT2D eigenvalue weighted by atomic mass is 14.2. The van der Waals surface area contributed by atoms with Crippen LogP contribution in [0.3, 0.4) is 0 Å². The average Bonchev–Trinajstić information content (AvgIpc) is 2.56. The SMILES string of the molecule is C=CC=C.C=Cc1ccc(C(C)(C)C)cc1.c1ccccc1. The topological polar surface area (TPSA) is 0 Å². The van der Waals surface area contributed by atoms with Crippen molar-refractivity contribution >= 4 is 6.08 Å². The Balaban J connectivity index is 0.000000366. The highest BCUT2D eigenvalue weighted by molar-refractivity contribution is 5.47. The van der Waals surface area contributed by atoms with Crippen LogP contribution in [0, 0.1) is 0 Å².